The minimum absolute atomic E-state index is 0.456. The van der Waals surface area contributed by atoms with Gasteiger partial charge in [-0.3, -0.25) is 0 Å². The van der Waals surface area contributed by atoms with Crippen LogP contribution in [0, 0.1) is 11.3 Å². The Morgan fingerprint density at radius 3 is 2.76 bits per heavy atom. The fourth-order valence-corrected chi connectivity index (χ4v) is 2.74. The number of nitrogens with zero attached hydrogens (tertiary/aromatic N) is 1. The number of nitriles is 1. The van der Waals surface area contributed by atoms with Crippen molar-refractivity contribution >= 4 is 0 Å². The first-order valence-corrected chi connectivity index (χ1v) is 7.12. The summed E-state index contributed by atoms with van der Waals surface area (Å²) in [6.45, 7) is 0.456. The van der Waals surface area contributed by atoms with Crippen LogP contribution in [-0.2, 0) is 19.4 Å². The van der Waals surface area contributed by atoms with Crippen molar-refractivity contribution in [1.82, 2.24) is 0 Å². The number of fused-ring (bicyclic) bond motifs is 1. The molecule has 3 rings (SSSR count). The molecule has 0 unspecified atom stereocenters. The standard InChI is InChI=1S/C18H17NO2/c1-20-18-8-5-13(9-16(18)11-19)12-21-17-7-6-14-3-2-4-15(14)10-17/h5-10H,2-4,12H2,1H3. The molecule has 2 aromatic rings. The summed E-state index contributed by atoms with van der Waals surface area (Å²) in [5.41, 5.74) is 4.35. The topological polar surface area (TPSA) is 42.2 Å². The fourth-order valence-electron chi connectivity index (χ4n) is 2.74. The second-order valence-electron chi connectivity index (χ2n) is 5.22. The minimum atomic E-state index is 0.456. The summed E-state index contributed by atoms with van der Waals surface area (Å²) in [4.78, 5) is 0. The Bertz CT molecular complexity index is 701. The molecule has 0 radical (unpaired) electrons. The van der Waals surface area contributed by atoms with Gasteiger partial charge >= 0.3 is 0 Å². The highest BCUT2D eigenvalue weighted by molar-refractivity contribution is 5.45. The van der Waals surface area contributed by atoms with Crippen LogP contribution in [0.25, 0.3) is 0 Å². The van der Waals surface area contributed by atoms with Crippen molar-refractivity contribution in [3.63, 3.8) is 0 Å². The van der Waals surface area contributed by atoms with Gasteiger partial charge in [0.15, 0.2) is 0 Å². The van der Waals surface area contributed by atoms with Crippen LogP contribution in [0.15, 0.2) is 36.4 Å². The molecule has 0 N–H and O–H groups in total. The van der Waals surface area contributed by atoms with E-state index < -0.39 is 0 Å². The number of aryl methyl sites for hydroxylation is 2. The normalized spacial score (nSPS) is 12.6. The summed E-state index contributed by atoms with van der Waals surface area (Å²) in [5.74, 6) is 1.49. The zero-order valence-electron chi connectivity index (χ0n) is 12.1. The smallest absolute Gasteiger partial charge is 0.136 e. The van der Waals surface area contributed by atoms with Gasteiger partial charge < -0.3 is 9.47 Å². The molecule has 1 aliphatic carbocycles. The van der Waals surface area contributed by atoms with E-state index in [1.165, 1.54) is 24.0 Å². The van der Waals surface area contributed by atoms with Gasteiger partial charge in [-0.05, 0) is 60.2 Å². The van der Waals surface area contributed by atoms with E-state index in [1.807, 2.05) is 18.2 Å². The molecule has 3 heteroatoms. The zero-order valence-corrected chi connectivity index (χ0v) is 12.1. The van der Waals surface area contributed by atoms with Crippen molar-refractivity contribution < 1.29 is 9.47 Å². The van der Waals surface area contributed by atoms with Crippen molar-refractivity contribution in [3.8, 4) is 17.6 Å². The lowest BCUT2D eigenvalue weighted by Gasteiger charge is -2.09. The molecule has 0 aromatic heterocycles. The summed E-state index contributed by atoms with van der Waals surface area (Å²) in [5, 5.41) is 9.09. The lowest BCUT2D eigenvalue weighted by atomic mass is 10.1. The van der Waals surface area contributed by atoms with Crippen molar-refractivity contribution in [1.29, 1.82) is 5.26 Å². The van der Waals surface area contributed by atoms with Crippen LogP contribution in [0.3, 0.4) is 0 Å². The number of methoxy groups -OCH3 is 1. The van der Waals surface area contributed by atoms with E-state index in [1.54, 1.807) is 13.2 Å². The quantitative estimate of drug-likeness (QED) is 0.858. The number of benzene rings is 2. The monoisotopic (exact) mass is 279 g/mol. The molecule has 106 valence electrons. The van der Waals surface area contributed by atoms with E-state index in [0.29, 0.717) is 17.9 Å². The van der Waals surface area contributed by atoms with E-state index in [0.717, 1.165) is 17.7 Å². The maximum Gasteiger partial charge on any atom is 0.136 e. The average Bonchev–Trinajstić information content (AvgIpc) is 3.00. The molecule has 3 nitrogen and oxygen atoms in total. The fraction of sp³-hybridized carbons (Fsp3) is 0.278. The summed E-state index contributed by atoms with van der Waals surface area (Å²) in [6.07, 6.45) is 3.57. The van der Waals surface area contributed by atoms with E-state index in [-0.39, 0.29) is 0 Å². The maximum atomic E-state index is 9.09. The largest absolute Gasteiger partial charge is 0.495 e. The highest BCUT2D eigenvalue weighted by atomic mass is 16.5. The molecule has 0 aliphatic heterocycles. The van der Waals surface area contributed by atoms with Gasteiger partial charge in [0.05, 0.1) is 12.7 Å². The Hall–Kier alpha value is -2.47. The van der Waals surface area contributed by atoms with Gasteiger partial charge in [-0.1, -0.05) is 12.1 Å². The molecule has 0 saturated carbocycles. The van der Waals surface area contributed by atoms with Crippen LogP contribution in [-0.4, -0.2) is 7.11 Å². The highest BCUT2D eigenvalue weighted by Crippen LogP contribution is 2.27. The van der Waals surface area contributed by atoms with E-state index in [9.17, 15) is 0 Å². The number of rotatable bonds is 4. The molecule has 0 atom stereocenters. The third-order valence-electron chi connectivity index (χ3n) is 3.86. The zero-order chi connectivity index (χ0) is 14.7. The van der Waals surface area contributed by atoms with Crippen LogP contribution in [0.4, 0.5) is 0 Å². The molecule has 0 fully saturated rings. The summed E-state index contributed by atoms with van der Waals surface area (Å²) in [6, 6.07) is 14.0. The van der Waals surface area contributed by atoms with Crippen LogP contribution in [0.1, 0.15) is 28.7 Å². The molecule has 0 bridgehead atoms. The first-order chi connectivity index (χ1) is 10.3. The van der Waals surface area contributed by atoms with E-state index in [4.69, 9.17) is 14.7 Å². The second-order valence-corrected chi connectivity index (χ2v) is 5.22. The Kier molecular flexibility index (Phi) is 3.79. The Labute approximate surface area is 124 Å². The molecule has 2 aromatic carbocycles. The van der Waals surface area contributed by atoms with Gasteiger partial charge in [0.2, 0.25) is 0 Å². The number of hydrogen-bond acceptors (Lipinski definition) is 3. The molecular formula is C18H17NO2. The Balaban J connectivity index is 1.72. The van der Waals surface area contributed by atoms with Crippen LogP contribution >= 0.6 is 0 Å². The molecular weight excluding hydrogens is 262 g/mol. The number of hydrogen-bond donors (Lipinski definition) is 0. The first-order valence-electron chi connectivity index (χ1n) is 7.12. The van der Waals surface area contributed by atoms with Gasteiger partial charge in [-0.2, -0.15) is 5.26 Å². The summed E-state index contributed by atoms with van der Waals surface area (Å²) >= 11 is 0. The van der Waals surface area contributed by atoms with Crippen LogP contribution in [0.2, 0.25) is 0 Å². The van der Waals surface area contributed by atoms with Crippen molar-refractivity contribution in [2.75, 3.05) is 7.11 Å². The van der Waals surface area contributed by atoms with Gasteiger partial charge in [0, 0.05) is 0 Å². The maximum absolute atomic E-state index is 9.09. The molecule has 1 aliphatic rings. The van der Waals surface area contributed by atoms with Crippen LogP contribution < -0.4 is 9.47 Å². The molecule has 0 amide bonds. The van der Waals surface area contributed by atoms with Crippen molar-refractivity contribution in [2.24, 2.45) is 0 Å². The average molecular weight is 279 g/mol. The first kappa shape index (κ1) is 13.5. The SMILES string of the molecule is COc1ccc(COc2ccc3c(c2)CCC3)cc1C#N. The van der Waals surface area contributed by atoms with E-state index in [2.05, 4.69) is 18.2 Å². The third-order valence-corrected chi connectivity index (χ3v) is 3.86. The predicted octanol–water partition coefficient (Wildman–Crippen LogP) is 3.63. The highest BCUT2D eigenvalue weighted by Gasteiger charge is 2.11. The summed E-state index contributed by atoms with van der Waals surface area (Å²) < 4.78 is 11.0. The Morgan fingerprint density at radius 2 is 1.95 bits per heavy atom. The van der Waals surface area contributed by atoms with Crippen LogP contribution in [0.5, 0.6) is 11.5 Å². The molecule has 0 spiro atoms. The van der Waals surface area contributed by atoms with Gasteiger partial charge in [0.1, 0.15) is 24.2 Å². The third kappa shape index (κ3) is 2.85. The minimum Gasteiger partial charge on any atom is -0.495 e. The van der Waals surface area contributed by atoms with Gasteiger partial charge in [0.25, 0.3) is 0 Å². The molecule has 0 saturated heterocycles. The molecule has 21 heavy (non-hydrogen) atoms. The van der Waals surface area contributed by atoms with Gasteiger partial charge in [-0.25, -0.2) is 0 Å². The molecule has 0 heterocycles. The van der Waals surface area contributed by atoms with E-state index >= 15 is 0 Å². The predicted molar refractivity (Wildman–Crippen MR) is 80.5 cm³/mol. The van der Waals surface area contributed by atoms with Gasteiger partial charge in [-0.15, -0.1) is 0 Å². The number of ether oxygens (including phenoxy) is 2. The summed E-state index contributed by atoms with van der Waals surface area (Å²) in [7, 11) is 1.57. The lowest BCUT2D eigenvalue weighted by Crippen LogP contribution is -1.98. The van der Waals surface area contributed by atoms with Crippen molar-refractivity contribution in [2.45, 2.75) is 25.9 Å². The Morgan fingerprint density at radius 1 is 1.10 bits per heavy atom. The lowest BCUT2D eigenvalue weighted by molar-refractivity contribution is 0.305. The second kappa shape index (κ2) is 5.88. The van der Waals surface area contributed by atoms with Crippen molar-refractivity contribution in [3.05, 3.63) is 58.7 Å².